The van der Waals surface area contributed by atoms with Crippen molar-refractivity contribution in [1.82, 2.24) is 0 Å². The molecule has 6 atom stereocenters. The highest BCUT2D eigenvalue weighted by atomic mass is 16.5. The monoisotopic (exact) mass is 316 g/mol. The van der Waals surface area contributed by atoms with Gasteiger partial charge >= 0.3 is 5.97 Å². The molecule has 0 aliphatic heterocycles. The van der Waals surface area contributed by atoms with Crippen molar-refractivity contribution in [2.45, 2.75) is 65.7 Å². The number of carbonyl (C=O) groups is 1. The molecule has 3 fully saturated rings. The number of hydrogen-bond acceptors (Lipinski definition) is 2. The molecule has 0 N–H and O–H groups in total. The molecule has 0 amide bonds. The molecule has 3 saturated carbocycles. The van der Waals surface area contributed by atoms with E-state index in [9.17, 15) is 4.79 Å². The van der Waals surface area contributed by atoms with Crippen molar-refractivity contribution < 1.29 is 9.53 Å². The maximum absolute atomic E-state index is 12.2. The van der Waals surface area contributed by atoms with E-state index in [-0.39, 0.29) is 11.9 Å². The van der Waals surface area contributed by atoms with Gasteiger partial charge in [-0.15, -0.1) is 0 Å². The lowest BCUT2D eigenvalue weighted by Crippen LogP contribution is -2.62. The van der Waals surface area contributed by atoms with Gasteiger partial charge in [-0.2, -0.15) is 0 Å². The Kier molecular flexibility index (Phi) is 3.32. The van der Waals surface area contributed by atoms with Crippen LogP contribution in [0.4, 0.5) is 0 Å². The highest BCUT2D eigenvalue weighted by molar-refractivity contribution is 5.74. The summed E-state index contributed by atoms with van der Waals surface area (Å²) in [5, 5.41) is 0. The number of methoxy groups -OCH3 is 1. The molecular formula is C21H32O2. The molecule has 0 aromatic rings. The Hall–Kier alpha value is -0.790. The van der Waals surface area contributed by atoms with E-state index in [1.54, 1.807) is 7.11 Å². The van der Waals surface area contributed by atoms with E-state index in [0.29, 0.717) is 22.2 Å². The van der Waals surface area contributed by atoms with Crippen LogP contribution >= 0.6 is 0 Å². The number of allylic oxidation sites excluding steroid dienone is 2. The highest BCUT2D eigenvalue weighted by Gasteiger charge is 2.65. The molecule has 2 heteroatoms. The van der Waals surface area contributed by atoms with E-state index in [0.717, 1.165) is 18.3 Å². The van der Waals surface area contributed by atoms with Gasteiger partial charge in [-0.25, -0.2) is 0 Å². The first-order valence-corrected chi connectivity index (χ1v) is 9.62. The second kappa shape index (κ2) is 4.86. The van der Waals surface area contributed by atoms with Gasteiger partial charge in [-0.05, 0) is 72.5 Å². The molecule has 0 bridgehead atoms. The summed E-state index contributed by atoms with van der Waals surface area (Å²) in [6.07, 6.45) is 13.8. The Morgan fingerprint density at radius 2 is 1.83 bits per heavy atom. The van der Waals surface area contributed by atoms with Crippen molar-refractivity contribution in [3.8, 4) is 0 Å². The van der Waals surface area contributed by atoms with E-state index in [2.05, 4.69) is 32.9 Å². The number of fused-ring (bicyclic) bond motifs is 2. The van der Waals surface area contributed by atoms with Crippen molar-refractivity contribution in [1.29, 1.82) is 0 Å². The molecule has 2 nitrogen and oxygen atoms in total. The number of rotatable bonds is 1. The first-order chi connectivity index (χ1) is 10.8. The molecule has 0 aromatic carbocycles. The van der Waals surface area contributed by atoms with Crippen LogP contribution in [-0.4, -0.2) is 13.1 Å². The van der Waals surface area contributed by atoms with Gasteiger partial charge < -0.3 is 4.74 Å². The lowest BCUT2D eigenvalue weighted by molar-refractivity contribution is -0.177. The summed E-state index contributed by atoms with van der Waals surface area (Å²) in [4.78, 5) is 12.2. The van der Waals surface area contributed by atoms with Crippen LogP contribution < -0.4 is 0 Å². The van der Waals surface area contributed by atoms with Crippen LogP contribution in [0.15, 0.2) is 12.2 Å². The van der Waals surface area contributed by atoms with Crippen molar-refractivity contribution in [2.75, 3.05) is 7.11 Å². The molecule has 0 radical (unpaired) electrons. The molecule has 23 heavy (non-hydrogen) atoms. The quantitative estimate of drug-likeness (QED) is 0.503. The predicted molar refractivity (Wildman–Crippen MR) is 91.8 cm³/mol. The third-order valence-electron chi connectivity index (χ3n) is 8.53. The standard InChI is InChI=1S/C21H32O2/c1-19(2)10-5-11-20(3)16(19)9-13-21-12-8-15(21)14(18(22)23-4)6-7-17(20)21/h8,12,14-17H,5-7,9-11,13H2,1-4H3/t14-,15+,16-,17+,20-,21-/m0/s1. The van der Waals surface area contributed by atoms with Crippen LogP contribution in [0.5, 0.6) is 0 Å². The Morgan fingerprint density at radius 1 is 1.04 bits per heavy atom. The van der Waals surface area contributed by atoms with Gasteiger partial charge in [0.15, 0.2) is 0 Å². The molecule has 4 aliphatic carbocycles. The van der Waals surface area contributed by atoms with Crippen LogP contribution in [0.3, 0.4) is 0 Å². The second-order valence-corrected chi connectivity index (χ2v) is 9.70. The summed E-state index contributed by atoms with van der Waals surface area (Å²) >= 11 is 0. The van der Waals surface area contributed by atoms with Crippen LogP contribution in [0, 0.1) is 39.9 Å². The number of ether oxygens (including phenoxy) is 1. The minimum Gasteiger partial charge on any atom is -0.469 e. The first-order valence-electron chi connectivity index (χ1n) is 9.62. The summed E-state index contributed by atoms with van der Waals surface area (Å²) in [5.41, 5.74) is 1.25. The Labute approximate surface area is 141 Å². The van der Waals surface area contributed by atoms with Crippen molar-refractivity contribution in [3.05, 3.63) is 12.2 Å². The third kappa shape index (κ3) is 1.90. The topological polar surface area (TPSA) is 26.3 Å². The van der Waals surface area contributed by atoms with E-state index >= 15 is 0 Å². The van der Waals surface area contributed by atoms with Crippen molar-refractivity contribution in [3.63, 3.8) is 0 Å². The molecule has 4 rings (SSSR count). The largest absolute Gasteiger partial charge is 0.469 e. The van der Waals surface area contributed by atoms with Gasteiger partial charge in [-0.1, -0.05) is 39.3 Å². The number of hydrogen-bond donors (Lipinski definition) is 0. The molecule has 1 spiro atoms. The molecule has 0 heterocycles. The Morgan fingerprint density at radius 3 is 2.48 bits per heavy atom. The molecule has 4 aliphatic rings. The van der Waals surface area contributed by atoms with E-state index < -0.39 is 0 Å². The van der Waals surface area contributed by atoms with E-state index in [1.165, 1.54) is 38.5 Å². The van der Waals surface area contributed by atoms with Crippen LogP contribution in [0.25, 0.3) is 0 Å². The summed E-state index contributed by atoms with van der Waals surface area (Å²) in [6.45, 7) is 7.59. The van der Waals surface area contributed by atoms with E-state index in [1.807, 2.05) is 0 Å². The SMILES string of the molecule is COC(=O)[C@H]1CC[C@@H]2[C@@]3(C)CCCC(C)(C)[C@@H]3CC[C@]23C=C[C@H]13. The summed E-state index contributed by atoms with van der Waals surface area (Å²) in [7, 11) is 1.55. The average Bonchev–Trinajstić information content (AvgIpc) is 2.47. The predicted octanol–water partition coefficient (Wildman–Crippen LogP) is 4.98. The second-order valence-electron chi connectivity index (χ2n) is 9.70. The smallest absolute Gasteiger partial charge is 0.309 e. The van der Waals surface area contributed by atoms with Crippen molar-refractivity contribution >= 4 is 5.97 Å². The van der Waals surface area contributed by atoms with Gasteiger partial charge in [0.2, 0.25) is 0 Å². The minimum absolute atomic E-state index is 0.0217. The molecule has 0 aromatic heterocycles. The summed E-state index contributed by atoms with van der Waals surface area (Å²) < 4.78 is 5.11. The lowest BCUT2D eigenvalue weighted by Gasteiger charge is -2.68. The van der Waals surface area contributed by atoms with Gasteiger partial charge in [0, 0.05) is 0 Å². The van der Waals surface area contributed by atoms with Gasteiger partial charge in [0.05, 0.1) is 13.0 Å². The maximum atomic E-state index is 12.2. The van der Waals surface area contributed by atoms with Gasteiger partial charge in [0.1, 0.15) is 0 Å². The van der Waals surface area contributed by atoms with Gasteiger partial charge in [0.25, 0.3) is 0 Å². The van der Waals surface area contributed by atoms with Crippen LogP contribution in [-0.2, 0) is 9.53 Å². The molecule has 0 saturated heterocycles. The maximum Gasteiger partial charge on any atom is 0.309 e. The number of esters is 1. The van der Waals surface area contributed by atoms with Gasteiger partial charge in [-0.3, -0.25) is 4.79 Å². The first kappa shape index (κ1) is 15.7. The van der Waals surface area contributed by atoms with Crippen LogP contribution in [0.1, 0.15) is 65.7 Å². The summed E-state index contributed by atoms with van der Waals surface area (Å²) in [6, 6.07) is 0. The number of carbonyl (C=O) groups excluding carboxylic acids is 1. The minimum atomic E-state index is 0.0217. The highest BCUT2D eigenvalue weighted by Crippen LogP contribution is 2.72. The van der Waals surface area contributed by atoms with Crippen LogP contribution in [0.2, 0.25) is 0 Å². The average molecular weight is 316 g/mol. The fourth-order valence-electron chi connectivity index (χ4n) is 7.59. The Balaban J connectivity index is 1.69. The third-order valence-corrected chi connectivity index (χ3v) is 8.53. The zero-order chi connectivity index (χ0) is 16.5. The molecular weight excluding hydrogens is 284 g/mol. The normalized spacial score (nSPS) is 50.1. The zero-order valence-electron chi connectivity index (χ0n) is 15.2. The zero-order valence-corrected chi connectivity index (χ0v) is 15.2. The van der Waals surface area contributed by atoms with E-state index in [4.69, 9.17) is 4.74 Å². The fraction of sp³-hybridized carbons (Fsp3) is 0.857. The fourth-order valence-corrected chi connectivity index (χ4v) is 7.59. The molecule has 0 unspecified atom stereocenters. The molecule has 128 valence electrons. The lowest BCUT2D eigenvalue weighted by atomic mass is 9.36. The summed E-state index contributed by atoms with van der Waals surface area (Å²) in [5.74, 6) is 2.19. The Bertz CT molecular complexity index is 548. The van der Waals surface area contributed by atoms with Crippen molar-refractivity contribution in [2.24, 2.45) is 39.9 Å².